The number of carbonyl (C=O) groups excluding carboxylic acids is 1. The van der Waals surface area contributed by atoms with Crippen molar-refractivity contribution in [2.75, 3.05) is 4.90 Å². The number of alkyl halides is 3. The maximum absolute atomic E-state index is 13.4. The van der Waals surface area contributed by atoms with Crippen molar-refractivity contribution in [1.29, 1.82) is 5.26 Å². The van der Waals surface area contributed by atoms with Crippen LogP contribution in [0.1, 0.15) is 41.1 Å². The number of aromatic nitrogens is 1. The molecule has 2 aliphatic rings. The lowest BCUT2D eigenvalue weighted by atomic mass is 9.62. The minimum absolute atomic E-state index is 0.223. The Bertz CT molecular complexity index is 1060. The molecule has 2 atom stereocenters. The fraction of sp³-hybridized carbons (Fsp3) is 0.300. The van der Waals surface area contributed by atoms with E-state index in [9.17, 15) is 18.0 Å². The van der Waals surface area contributed by atoms with Gasteiger partial charge in [-0.2, -0.15) is 18.4 Å². The fourth-order valence-corrected chi connectivity index (χ4v) is 4.47. The Kier molecular flexibility index (Phi) is 4.35. The third-order valence-electron chi connectivity index (χ3n) is 5.62. The molecule has 0 bridgehead atoms. The van der Waals surface area contributed by atoms with Crippen LogP contribution in [0, 0.1) is 18.3 Å². The van der Waals surface area contributed by atoms with Gasteiger partial charge in [-0.15, -0.1) is 0 Å². The molecule has 148 valence electrons. The van der Waals surface area contributed by atoms with Gasteiger partial charge in [0.25, 0.3) is 5.91 Å². The van der Waals surface area contributed by atoms with Crippen LogP contribution in [0.5, 0.6) is 0 Å². The number of hydrogen-bond donors (Lipinski definition) is 1. The number of pyridine rings is 1. The molecule has 9 heteroatoms. The van der Waals surface area contributed by atoms with E-state index >= 15 is 0 Å². The van der Waals surface area contributed by atoms with Gasteiger partial charge in [0.15, 0.2) is 10.8 Å². The van der Waals surface area contributed by atoms with Crippen molar-refractivity contribution in [2.45, 2.75) is 37.4 Å². The molecule has 2 aromatic rings. The molecule has 1 spiro atoms. The predicted molar refractivity (Wildman–Crippen MR) is 103 cm³/mol. The summed E-state index contributed by atoms with van der Waals surface area (Å²) in [5.41, 5.74) is -0.895. The number of carbonyl (C=O) groups is 1. The minimum Gasteiger partial charge on any atom is -0.303 e. The lowest BCUT2D eigenvalue weighted by Gasteiger charge is -2.50. The van der Waals surface area contributed by atoms with E-state index in [1.807, 2.05) is 31.2 Å². The molecule has 1 saturated carbocycles. The van der Waals surface area contributed by atoms with Gasteiger partial charge < -0.3 is 10.2 Å². The summed E-state index contributed by atoms with van der Waals surface area (Å²) in [5.74, 6) is -0.872. The highest BCUT2D eigenvalue weighted by Gasteiger charge is 2.62. The Morgan fingerprint density at radius 1 is 1.34 bits per heavy atom. The van der Waals surface area contributed by atoms with E-state index in [1.165, 1.54) is 12.3 Å². The van der Waals surface area contributed by atoms with Crippen molar-refractivity contribution in [3.05, 3.63) is 58.9 Å². The van der Waals surface area contributed by atoms with Gasteiger partial charge in [0, 0.05) is 17.8 Å². The Balaban J connectivity index is 1.81. The summed E-state index contributed by atoms with van der Waals surface area (Å²) in [5, 5.41) is 11.9. The van der Waals surface area contributed by atoms with Crippen molar-refractivity contribution < 1.29 is 18.0 Å². The monoisotopic (exact) mass is 416 g/mol. The summed E-state index contributed by atoms with van der Waals surface area (Å²) in [7, 11) is 0. The van der Waals surface area contributed by atoms with Gasteiger partial charge in [-0.25, -0.2) is 4.98 Å². The van der Waals surface area contributed by atoms with E-state index in [1.54, 1.807) is 4.90 Å². The first-order valence-corrected chi connectivity index (χ1v) is 9.29. The lowest BCUT2D eigenvalue weighted by molar-refractivity contribution is -0.138. The Hall–Kier alpha value is -2.99. The van der Waals surface area contributed by atoms with Crippen molar-refractivity contribution in [1.82, 2.24) is 10.3 Å². The molecule has 2 unspecified atom stereocenters. The van der Waals surface area contributed by atoms with Gasteiger partial charge in [0.2, 0.25) is 0 Å². The second-order valence-corrected chi connectivity index (χ2v) is 7.61. The Labute approximate surface area is 170 Å². The number of amides is 1. The zero-order valence-corrected chi connectivity index (χ0v) is 16.1. The highest BCUT2D eigenvalue weighted by Crippen LogP contribution is 2.53. The van der Waals surface area contributed by atoms with Gasteiger partial charge in [-0.3, -0.25) is 4.79 Å². The third kappa shape index (κ3) is 2.86. The minimum atomic E-state index is -4.71. The van der Waals surface area contributed by atoms with Crippen LogP contribution < -0.4 is 10.2 Å². The molecule has 2 fully saturated rings. The summed E-state index contributed by atoms with van der Waals surface area (Å²) in [4.78, 5) is 18.3. The van der Waals surface area contributed by atoms with Crippen LogP contribution in [0.25, 0.3) is 0 Å². The fourth-order valence-electron chi connectivity index (χ4n) is 4.11. The molecule has 5 nitrogen and oxygen atoms in total. The molecule has 0 radical (unpaired) electrons. The number of thiocarbonyl (C=S) groups is 1. The van der Waals surface area contributed by atoms with Gasteiger partial charge in [0.1, 0.15) is 11.6 Å². The molecule has 1 aromatic heterocycles. The van der Waals surface area contributed by atoms with Gasteiger partial charge in [-0.1, -0.05) is 17.7 Å². The molecular formula is C20H15F3N4OS. The summed E-state index contributed by atoms with van der Waals surface area (Å²) in [6.45, 7) is 1.93. The largest absolute Gasteiger partial charge is 0.419 e. The molecule has 1 N–H and O–H groups in total. The molecule has 4 rings (SSSR count). The quantitative estimate of drug-likeness (QED) is 0.754. The van der Waals surface area contributed by atoms with E-state index < -0.39 is 28.9 Å². The molecule has 1 amide bonds. The molecular weight excluding hydrogens is 401 g/mol. The number of anilines is 1. The summed E-state index contributed by atoms with van der Waals surface area (Å²) < 4.78 is 40.2. The SMILES string of the molecule is Cc1ccc(N2C(=S)NC(=O)C23CCC3c2cnc(C#N)c(C(F)(F)F)c2)cc1. The summed E-state index contributed by atoms with van der Waals surface area (Å²) in [6.07, 6.45) is -2.52. The number of benzene rings is 1. The molecule has 1 saturated heterocycles. The average molecular weight is 416 g/mol. The Morgan fingerprint density at radius 3 is 2.59 bits per heavy atom. The number of hydrogen-bond acceptors (Lipinski definition) is 4. The molecule has 2 heterocycles. The van der Waals surface area contributed by atoms with Crippen molar-refractivity contribution in [2.24, 2.45) is 0 Å². The van der Waals surface area contributed by atoms with Crippen molar-refractivity contribution in [3.63, 3.8) is 0 Å². The molecule has 1 aliphatic heterocycles. The van der Waals surface area contributed by atoms with E-state index in [0.717, 1.165) is 11.6 Å². The maximum Gasteiger partial charge on any atom is 0.419 e. The number of rotatable bonds is 2. The highest BCUT2D eigenvalue weighted by atomic mass is 32.1. The first-order valence-electron chi connectivity index (χ1n) is 8.88. The highest BCUT2D eigenvalue weighted by molar-refractivity contribution is 7.80. The van der Waals surface area contributed by atoms with Gasteiger partial charge in [-0.05, 0) is 55.7 Å². The second-order valence-electron chi connectivity index (χ2n) is 7.22. The number of nitriles is 1. The number of nitrogens with one attached hydrogen (secondary N) is 1. The van der Waals surface area contributed by atoms with E-state index in [4.69, 9.17) is 17.5 Å². The second kappa shape index (κ2) is 6.52. The maximum atomic E-state index is 13.4. The predicted octanol–water partition coefficient (Wildman–Crippen LogP) is 3.82. The van der Waals surface area contributed by atoms with E-state index in [-0.39, 0.29) is 16.6 Å². The van der Waals surface area contributed by atoms with Crippen molar-refractivity contribution >= 4 is 28.9 Å². The van der Waals surface area contributed by atoms with Crippen LogP contribution in [0.3, 0.4) is 0 Å². The Morgan fingerprint density at radius 2 is 2.03 bits per heavy atom. The van der Waals surface area contributed by atoms with Crippen LogP contribution in [-0.2, 0) is 11.0 Å². The van der Waals surface area contributed by atoms with Gasteiger partial charge >= 0.3 is 6.18 Å². The lowest BCUT2D eigenvalue weighted by Crippen LogP contribution is -2.60. The topological polar surface area (TPSA) is 69.0 Å². The molecule has 1 aromatic carbocycles. The summed E-state index contributed by atoms with van der Waals surface area (Å²) >= 11 is 5.36. The van der Waals surface area contributed by atoms with Crippen LogP contribution in [0.2, 0.25) is 0 Å². The smallest absolute Gasteiger partial charge is 0.303 e. The van der Waals surface area contributed by atoms with Gasteiger partial charge in [0.05, 0.1) is 5.56 Å². The van der Waals surface area contributed by atoms with Crippen LogP contribution >= 0.6 is 12.2 Å². The van der Waals surface area contributed by atoms with E-state index in [2.05, 4.69) is 10.3 Å². The zero-order valence-electron chi connectivity index (χ0n) is 15.2. The number of aryl methyl sites for hydroxylation is 1. The standard InChI is InChI=1S/C20H15F3N4OS/c1-11-2-4-13(5-3-11)27-18(29)26-17(28)19(27)7-6-14(19)12-8-15(20(21,22)23)16(9-24)25-10-12/h2-5,8,10,14H,6-7H2,1H3,(H,26,28,29). The summed E-state index contributed by atoms with van der Waals surface area (Å²) in [6, 6.07) is 9.83. The first-order chi connectivity index (χ1) is 13.7. The third-order valence-corrected chi connectivity index (χ3v) is 5.91. The normalized spacial score (nSPS) is 23.7. The van der Waals surface area contributed by atoms with Crippen LogP contribution in [0.15, 0.2) is 36.5 Å². The molecule has 29 heavy (non-hydrogen) atoms. The van der Waals surface area contributed by atoms with E-state index in [0.29, 0.717) is 18.5 Å². The number of halogens is 3. The van der Waals surface area contributed by atoms with Crippen LogP contribution in [0.4, 0.5) is 18.9 Å². The van der Waals surface area contributed by atoms with Crippen molar-refractivity contribution in [3.8, 4) is 6.07 Å². The first kappa shape index (κ1) is 19.3. The molecule has 1 aliphatic carbocycles. The zero-order chi connectivity index (χ0) is 21.0. The number of nitrogens with zero attached hydrogens (tertiary/aromatic N) is 3. The average Bonchev–Trinajstić information content (AvgIpc) is 2.92. The van der Waals surface area contributed by atoms with Crippen LogP contribution in [-0.4, -0.2) is 21.5 Å².